The number of hydrogen-bond donors (Lipinski definition) is 1. The van der Waals surface area contributed by atoms with E-state index in [9.17, 15) is 4.79 Å². The van der Waals surface area contributed by atoms with Crippen molar-refractivity contribution in [1.82, 2.24) is 9.97 Å². The number of benzene rings is 1. The van der Waals surface area contributed by atoms with Crippen LogP contribution in [0.15, 0.2) is 35.7 Å². The zero-order chi connectivity index (χ0) is 11.0. The van der Waals surface area contributed by atoms with Crippen molar-refractivity contribution in [2.75, 3.05) is 0 Å². The van der Waals surface area contributed by atoms with Crippen LogP contribution in [-0.2, 0) is 0 Å². The molecule has 2 aromatic heterocycles. The van der Waals surface area contributed by atoms with Gasteiger partial charge in [-0.15, -0.1) is 11.3 Å². The molecule has 1 N–H and O–H groups in total. The Morgan fingerprint density at radius 3 is 3.12 bits per heavy atom. The van der Waals surface area contributed by atoms with Crippen molar-refractivity contribution in [3.05, 3.63) is 52.5 Å². The monoisotopic (exact) mass is 227 g/mol. The molecule has 3 aromatic rings. The number of carbonyl (C=O) groups excluding carboxylic acids is 1. The SMILES string of the molecule is O=C(c1ccc2[nH][c]nc2c1)c1cccs1. The minimum Gasteiger partial charge on any atom is -0.335 e. The van der Waals surface area contributed by atoms with Gasteiger partial charge in [0.2, 0.25) is 5.78 Å². The number of H-pyrrole nitrogens is 1. The van der Waals surface area contributed by atoms with Gasteiger partial charge in [-0.1, -0.05) is 6.07 Å². The number of imidazole rings is 1. The van der Waals surface area contributed by atoms with Crippen LogP contribution in [-0.4, -0.2) is 15.8 Å². The third-order valence-electron chi connectivity index (χ3n) is 2.37. The number of rotatable bonds is 2. The number of nitrogens with zero attached hydrogens (tertiary/aromatic N) is 1. The zero-order valence-corrected chi connectivity index (χ0v) is 9.04. The van der Waals surface area contributed by atoms with Gasteiger partial charge in [0.25, 0.3) is 0 Å². The zero-order valence-electron chi connectivity index (χ0n) is 8.23. The van der Waals surface area contributed by atoms with Crippen LogP contribution in [0.4, 0.5) is 0 Å². The van der Waals surface area contributed by atoms with Crippen LogP contribution in [0.5, 0.6) is 0 Å². The van der Waals surface area contributed by atoms with Gasteiger partial charge in [-0.05, 0) is 29.6 Å². The Bertz CT molecular complexity index is 640. The number of fused-ring (bicyclic) bond motifs is 1. The lowest BCUT2D eigenvalue weighted by Crippen LogP contribution is -1.97. The summed E-state index contributed by atoms with van der Waals surface area (Å²) < 4.78 is 0. The summed E-state index contributed by atoms with van der Waals surface area (Å²) in [5.74, 6) is 0.0416. The van der Waals surface area contributed by atoms with Crippen molar-refractivity contribution < 1.29 is 4.79 Å². The maximum absolute atomic E-state index is 12.0. The molecule has 3 nitrogen and oxygen atoms in total. The van der Waals surface area contributed by atoms with Gasteiger partial charge in [-0.3, -0.25) is 4.79 Å². The molecule has 4 heteroatoms. The van der Waals surface area contributed by atoms with Crippen molar-refractivity contribution in [3.8, 4) is 0 Å². The molecule has 0 saturated heterocycles. The predicted molar refractivity (Wildman–Crippen MR) is 62.7 cm³/mol. The van der Waals surface area contributed by atoms with E-state index in [0.717, 1.165) is 15.9 Å². The maximum Gasteiger partial charge on any atom is 0.203 e. The first kappa shape index (κ1) is 9.30. The molecule has 0 saturated carbocycles. The fourth-order valence-corrected chi connectivity index (χ4v) is 2.26. The fourth-order valence-electron chi connectivity index (χ4n) is 1.57. The second-order valence-electron chi connectivity index (χ2n) is 3.39. The highest BCUT2D eigenvalue weighted by Crippen LogP contribution is 2.18. The first-order valence-corrected chi connectivity index (χ1v) is 5.66. The summed E-state index contributed by atoms with van der Waals surface area (Å²) in [4.78, 5) is 19.7. The van der Waals surface area contributed by atoms with Crippen LogP contribution >= 0.6 is 11.3 Å². The van der Waals surface area contributed by atoms with Gasteiger partial charge < -0.3 is 4.98 Å². The molecule has 16 heavy (non-hydrogen) atoms. The Labute approximate surface area is 95.8 Å². The van der Waals surface area contributed by atoms with E-state index in [1.54, 1.807) is 12.1 Å². The topological polar surface area (TPSA) is 45.8 Å². The van der Waals surface area contributed by atoms with Gasteiger partial charge in [-0.25, -0.2) is 4.98 Å². The molecule has 1 radical (unpaired) electrons. The third kappa shape index (κ3) is 1.44. The largest absolute Gasteiger partial charge is 0.335 e. The van der Waals surface area contributed by atoms with Crippen LogP contribution < -0.4 is 0 Å². The average molecular weight is 227 g/mol. The van der Waals surface area contributed by atoms with Gasteiger partial charge in [0.1, 0.15) is 0 Å². The number of hydrogen-bond acceptors (Lipinski definition) is 3. The van der Waals surface area contributed by atoms with E-state index >= 15 is 0 Å². The molecular weight excluding hydrogens is 220 g/mol. The molecule has 0 aliphatic heterocycles. The highest BCUT2D eigenvalue weighted by molar-refractivity contribution is 7.12. The molecule has 0 bridgehead atoms. The number of nitrogens with one attached hydrogen (secondary N) is 1. The predicted octanol–water partition coefficient (Wildman–Crippen LogP) is 2.66. The quantitative estimate of drug-likeness (QED) is 0.684. The van der Waals surface area contributed by atoms with Crippen molar-refractivity contribution in [1.29, 1.82) is 0 Å². The smallest absolute Gasteiger partial charge is 0.203 e. The minimum absolute atomic E-state index is 0.0416. The van der Waals surface area contributed by atoms with Crippen LogP contribution in [0, 0.1) is 6.33 Å². The van der Waals surface area contributed by atoms with Crippen LogP contribution in [0.1, 0.15) is 15.2 Å². The fraction of sp³-hybridized carbons (Fsp3) is 0. The van der Waals surface area contributed by atoms with E-state index < -0.39 is 0 Å². The lowest BCUT2D eigenvalue weighted by atomic mass is 10.1. The van der Waals surface area contributed by atoms with Crippen LogP contribution in [0.2, 0.25) is 0 Å². The molecule has 2 heterocycles. The summed E-state index contributed by atoms with van der Waals surface area (Å²) in [6.45, 7) is 0. The second-order valence-corrected chi connectivity index (χ2v) is 4.33. The third-order valence-corrected chi connectivity index (χ3v) is 3.24. The summed E-state index contributed by atoms with van der Waals surface area (Å²) >= 11 is 1.45. The molecule has 0 aliphatic rings. The Hall–Kier alpha value is -1.94. The molecule has 0 fully saturated rings. The van der Waals surface area contributed by atoms with Gasteiger partial charge in [0.05, 0.1) is 15.9 Å². The standard InChI is InChI=1S/C12H7N2OS/c15-12(11-2-1-5-16-11)8-3-4-9-10(6-8)14-7-13-9/h1-6H,(H,13,14). The summed E-state index contributed by atoms with van der Waals surface area (Å²) in [7, 11) is 0. The Balaban J connectivity index is 2.09. The lowest BCUT2D eigenvalue weighted by Gasteiger charge is -1.97. The Morgan fingerprint density at radius 2 is 2.31 bits per heavy atom. The molecule has 0 amide bonds. The molecule has 1 aromatic carbocycles. The van der Waals surface area contributed by atoms with E-state index in [1.807, 2.05) is 23.6 Å². The molecule has 0 unspecified atom stereocenters. The van der Waals surface area contributed by atoms with Gasteiger partial charge in [0.15, 0.2) is 6.33 Å². The second kappa shape index (κ2) is 3.57. The number of thiophene rings is 1. The van der Waals surface area contributed by atoms with Crippen molar-refractivity contribution >= 4 is 28.2 Å². The normalized spacial score (nSPS) is 10.8. The molecule has 3 rings (SSSR count). The lowest BCUT2D eigenvalue weighted by molar-refractivity contribution is 0.104. The average Bonchev–Trinajstić information content (AvgIpc) is 2.98. The molecular formula is C12H7N2OS. The Morgan fingerprint density at radius 1 is 1.38 bits per heavy atom. The minimum atomic E-state index is 0.0416. The first-order chi connectivity index (χ1) is 7.84. The van der Waals surface area contributed by atoms with Crippen molar-refractivity contribution in [2.24, 2.45) is 0 Å². The van der Waals surface area contributed by atoms with Gasteiger partial charge in [-0.2, -0.15) is 0 Å². The number of aromatic amines is 1. The molecule has 0 aliphatic carbocycles. The summed E-state index contributed by atoms with van der Waals surface area (Å²) in [6.07, 6.45) is 2.65. The molecule has 0 atom stereocenters. The van der Waals surface area contributed by atoms with Crippen LogP contribution in [0.25, 0.3) is 11.0 Å². The first-order valence-electron chi connectivity index (χ1n) is 4.78. The van der Waals surface area contributed by atoms with E-state index in [4.69, 9.17) is 0 Å². The maximum atomic E-state index is 12.0. The summed E-state index contributed by atoms with van der Waals surface area (Å²) in [6, 6.07) is 9.13. The highest BCUT2D eigenvalue weighted by Gasteiger charge is 2.10. The highest BCUT2D eigenvalue weighted by atomic mass is 32.1. The summed E-state index contributed by atoms with van der Waals surface area (Å²) in [5.41, 5.74) is 2.32. The number of aromatic nitrogens is 2. The number of ketones is 1. The molecule has 77 valence electrons. The van der Waals surface area contributed by atoms with Gasteiger partial charge in [0, 0.05) is 5.56 Å². The number of carbonyl (C=O) groups is 1. The van der Waals surface area contributed by atoms with E-state index in [2.05, 4.69) is 16.3 Å². The van der Waals surface area contributed by atoms with Crippen molar-refractivity contribution in [3.63, 3.8) is 0 Å². The molecule has 0 spiro atoms. The summed E-state index contributed by atoms with van der Waals surface area (Å²) in [5, 5.41) is 1.90. The van der Waals surface area contributed by atoms with Crippen molar-refractivity contribution in [2.45, 2.75) is 0 Å². The van der Waals surface area contributed by atoms with Gasteiger partial charge >= 0.3 is 0 Å². The Kier molecular flexibility index (Phi) is 2.08. The van der Waals surface area contributed by atoms with Crippen LogP contribution in [0.3, 0.4) is 0 Å². The van der Waals surface area contributed by atoms with E-state index in [1.165, 1.54) is 11.3 Å². The van der Waals surface area contributed by atoms with E-state index in [-0.39, 0.29) is 5.78 Å². The van der Waals surface area contributed by atoms with E-state index in [0.29, 0.717) is 5.56 Å².